The first kappa shape index (κ1) is 27.2. The third kappa shape index (κ3) is 6.78. The van der Waals surface area contributed by atoms with Gasteiger partial charge in [0.15, 0.2) is 0 Å². The van der Waals surface area contributed by atoms with Crippen molar-refractivity contribution >= 4 is 78.6 Å². The van der Waals surface area contributed by atoms with Crippen LogP contribution in [0.5, 0.6) is 5.75 Å². The third-order valence-electron chi connectivity index (χ3n) is 6.97. The monoisotopic (exact) mass is 710 g/mol. The van der Waals surface area contributed by atoms with E-state index in [1.807, 2.05) is 42.6 Å². The Labute approximate surface area is 249 Å². The lowest BCUT2D eigenvalue weighted by Gasteiger charge is -2.23. The number of amides is 1. The molecule has 0 atom stereocenters. The fourth-order valence-corrected chi connectivity index (χ4v) is 8.14. The molecule has 1 N–H and O–H groups in total. The Hall–Kier alpha value is -1.42. The van der Waals surface area contributed by atoms with Crippen molar-refractivity contribution in [3.05, 3.63) is 76.6 Å². The van der Waals surface area contributed by atoms with Gasteiger partial charge in [0.25, 0.3) is 5.91 Å². The zero-order valence-corrected chi connectivity index (χ0v) is 25.8. The molecule has 1 heterocycles. The van der Waals surface area contributed by atoms with Crippen LogP contribution in [0.3, 0.4) is 0 Å². The van der Waals surface area contributed by atoms with Gasteiger partial charge in [0.2, 0.25) is 0 Å². The van der Waals surface area contributed by atoms with Gasteiger partial charge in [-0.05, 0) is 96.5 Å². The Morgan fingerprint density at radius 1 is 1.14 bits per heavy atom. The molecule has 1 aromatic heterocycles. The normalized spacial score (nSPS) is 16.1. The van der Waals surface area contributed by atoms with E-state index in [1.165, 1.54) is 36.1 Å². The largest absolute Gasteiger partial charge is 0.487 e. The highest BCUT2D eigenvalue weighted by molar-refractivity contribution is 14.1. The van der Waals surface area contributed by atoms with E-state index in [2.05, 4.69) is 43.8 Å². The SMILES string of the molecule is O=C(NC1CCCCC1)c1c(N=Cc2cc(Br)cc(I)c2OCc2ccc(Cl)cc2)sc2c1CCCC2. The van der Waals surface area contributed by atoms with Gasteiger partial charge in [-0.15, -0.1) is 11.3 Å². The second-order valence-electron chi connectivity index (χ2n) is 9.68. The Morgan fingerprint density at radius 3 is 2.68 bits per heavy atom. The molecule has 194 valence electrons. The Balaban J connectivity index is 1.43. The van der Waals surface area contributed by atoms with Crippen molar-refractivity contribution in [1.29, 1.82) is 0 Å². The van der Waals surface area contributed by atoms with Gasteiger partial charge in [-0.1, -0.05) is 58.9 Å². The molecule has 1 fully saturated rings. The van der Waals surface area contributed by atoms with Crippen molar-refractivity contribution in [2.24, 2.45) is 4.99 Å². The van der Waals surface area contributed by atoms with Crippen LogP contribution >= 0.6 is 61.5 Å². The number of fused-ring (bicyclic) bond motifs is 1. The molecule has 0 radical (unpaired) electrons. The van der Waals surface area contributed by atoms with Gasteiger partial charge in [0.05, 0.1) is 9.13 Å². The fraction of sp³-hybridized carbons (Fsp3) is 0.379. The minimum atomic E-state index is 0.0430. The summed E-state index contributed by atoms with van der Waals surface area (Å²) in [5, 5.41) is 4.84. The predicted octanol–water partition coefficient (Wildman–Crippen LogP) is 9.04. The van der Waals surface area contributed by atoms with Gasteiger partial charge in [0.1, 0.15) is 17.4 Å². The van der Waals surface area contributed by atoms with E-state index >= 15 is 0 Å². The lowest BCUT2D eigenvalue weighted by atomic mass is 9.93. The molecule has 0 aliphatic heterocycles. The molecule has 0 bridgehead atoms. The molecule has 1 amide bonds. The summed E-state index contributed by atoms with van der Waals surface area (Å²) in [5.74, 6) is 0.818. The van der Waals surface area contributed by atoms with Crippen LogP contribution in [-0.2, 0) is 19.4 Å². The van der Waals surface area contributed by atoms with E-state index in [9.17, 15) is 4.79 Å². The second kappa shape index (κ2) is 12.6. The Morgan fingerprint density at radius 2 is 1.89 bits per heavy atom. The van der Waals surface area contributed by atoms with E-state index in [-0.39, 0.29) is 11.9 Å². The van der Waals surface area contributed by atoms with Crippen LogP contribution in [0.4, 0.5) is 5.00 Å². The second-order valence-corrected chi connectivity index (χ2v) is 13.3. The van der Waals surface area contributed by atoms with E-state index in [4.69, 9.17) is 21.3 Å². The van der Waals surface area contributed by atoms with Gasteiger partial charge >= 0.3 is 0 Å². The average molecular weight is 712 g/mol. The Kier molecular flexibility index (Phi) is 9.27. The van der Waals surface area contributed by atoms with Crippen LogP contribution < -0.4 is 10.1 Å². The number of thiophene rings is 1. The fourth-order valence-electron chi connectivity index (χ4n) is 5.07. The minimum absolute atomic E-state index is 0.0430. The van der Waals surface area contributed by atoms with Crippen molar-refractivity contribution < 1.29 is 9.53 Å². The molecule has 0 unspecified atom stereocenters. The topological polar surface area (TPSA) is 50.7 Å². The smallest absolute Gasteiger partial charge is 0.254 e. The molecule has 2 aliphatic carbocycles. The van der Waals surface area contributed by atoms with Gasteiger partial charge in [-0.25, -0.2) is 4.99 Å². The number of benzene rings is 2. The number of hydrogen-bond acceptors (Lipinski definition) is 4. The van der Waals surface area contributed by atoms with Gasteiger partial charge < -0.3 is 10.1 Å². The highest BCUT2D eigenvalue weighted by Crippen LogP contribution is 2.40. The standard InChI is InChI=1S/C29H29BrClIN2O2S/c30-20-14-19(27(24(32)15-20)36-17-18-10-12-21(31)13-11-18)16-33-29-26(23-8-4-5-9-25(23)37-29)28(35)34-22-6-2-1-3-7-22/h10-16,22H,1-9,17H2,(H,34,35). The van der Waals surface area contributed by atoms with Crippen molar-refractivity contribution in [3.63, 3.8) is 0 Å². The lowest BCUT2D eigenvalue weighted by molar-refractivity contribution is 0.0927. The van der Waals surface area contributed by atoms with Crippen molar-refractivity contribution in [2.45, 2.75) is 70.4 Å². The summed E-state index contributed by atoms with van der Waals surface area (Å²) in [5.41, 5.74) is 3.91. The molecular formula is C29H29BrClIN2O2S. The molecule has 8 heteroatoms. The number of nitrogens with one attached hydrogen (secondary N) is 1. The highest BCUT2D eigenvalue weighted by Gasteiger charge is 2.27. The third-order valence-corrected chi connectivity index (χ3v) is 9.69. The number of aryl methyl sites for hydroxylation is 1. The highest BCUT2D eigenvalue weighted by atomic mass is 127. The molecule has 2 aliphatic rings. The van der Waals surface area contributed by atoms with E-state index < -0.39 is 0 Å². The summed E-state index contributed by atoms with van der Waals surface area (Å²) < 4.78 is 8.20. The summed E-state index contributed by atoms with van der Waals surface area (Å²) in [6.45, 7) is 0.429. The van der Waals surface area contributed by atoms with Crippen LogP contribution in [0.1, 0.15) is 76.9 Å². The van der Waals surface area contributed by atoms with Gasteiger partial charge in [0, 0.05) is 32.2 Å². The number of halogens is 3. The van der Waals surface area contributed by atoms with Crippen LogP contribution in [0.25, 0.3) is 0 Å². The molecule has 1 saturated carbocycles. The van der Waals surface area contributed by atoms with Crippen LogP contribution in [0.2, 0.25) is 5.02 Å². The van der Waals surface area contributed by atoms with Crippen LogP contribution in [0, 0.1) is 3.57 Å². The lowest BCUT2D eigenvalue weighted by Crippen LogP contribution is -2.36. The van der Waals surface area contributed by atoms with Crippen LogP contribution in [0.15, 0.2) is 45.9 Å². The molecule has 37 heavy (non-hydrogen) atoms. The molecule has 0 spiro atoms. The number of hydrogen-bond donors (Lipinski definition) is 1. The number of nitrogens with zero attached hydrogens (tertiary/aromatic N) is 1. The zero-order valence-electron chi connectivity index (χ0n) is 20.5. The summed E-state index contributed by atoms with van der Waals surface area (Å²) in [4.78, 5) is 19.7. The number of ether oxygens (including phenoxy) is 1. The maximum Gasteiger partial charge on any atom is 0.254 e. The molecule has 3 aromatic rings. The van der Waals surface area contributed by atoms with E-state index in [1.54, 1.807) is 11.3 Å². The predicted molar refractivity (Wildman–Crippen MR) is 165 cm³/mol. The molecule has 0 saturated heterocycles. The minimum Gasteiger partial charge on any atom is -0.487 e. The summed E-state index contributed by atoms with van der Waals surface area (Å²) >= 11 is 13.6. The van der Waals surface area contributed by atoms with Crippen molar-refractivity contribution in [2.75, 3.05) is 0 Å². The molecule has 4 nitrogen and oxygen atoms in total. The first-order chi connectivity index (χ1) is 18.0. The number of carbonyl (C=O) groups excluding carboxylic acids is 1. The van der Waals surface area contributed by atoms with Gasteiger partial charge in [-0.3, -0.25) is 4.79 Å². The quantitative estimate of drug-likeness (QED) is 0.197. The average Bonchev–Trinajstić information content (AvgIpc) is 3.27. The number of carbonyl (C=O) groups is 1. The van der Waals surface area contributed by atoms with Crippen molar-refractivity contribution in [3.8, 4) is 5.75 Å². The maximum absolute atomic E-state index is 13.5. The van der Waals surface area contributed by atoms with E-state index in [0.717, 1.165) is 67.6 Å². The molecular weight excluding hydrogens is 683 g/mol. The summed E-state index contributed by atoms with van der Waals surface area (Å²) in [6, 6.07) is 12.0. The van der Waals surface area contributed by atoms with E-state index in [0.29, 0.717) is 11.6 Å². The Bertz CT molecular complexity index is 1300. The summed E-state index contributed by atoms with van der Waals surface area (Å²) in [7, 11) is 0. The maximum atomic E-state index is 13.5. The first-order valence-corrected chi connectivity index (χ1v) is 15.9. The number of aliphatic imine (C=N–C) groups is 1. The number of rotatable bonds is 7. The van der Waals surface area contributed by atoms with Crippen molar-refractivity contribution in [1.82, 2.24) is 5.32 Å². The van der Waals surface area contributed by atoms with Crippen LogP contribution in [-0.4, -0.2) is 18.2 Å². The molecule has 5 rings (SSSR count). The molecule has 2 aromatic carbocycles. The first-order valence-electron chi connectivity index (χ1n) is 12.8. The van der Waals surface area contributed by atoms with Gasteiger partial charge in [-0.2, -0.15) is 0 Å². The summed E-state index contributed by atoms with van der Waals surface area (Å²) in [6.07, 6.45) is 11.9. The zero-order chi connectivity index (χ0) is 25.8.